The maximum Gasteiger partial charge on any atom is 0.294 e. The molecular formula is C21H21N3O3. The molecule has 0 unspecified atom stereocenters. The zero-order valence-electron chi connectivity index (χ0n) is 15.5. The van der Waals surface area contributed by atoms with E-state index in [4.69, 9.17) is 0 Å². The number of benzene rings is 1. The van der Waals surface area contributed by atoms with E-state index in [1.54, 1.807) is 24.4 Å². The zero-order valence-corrected chi connectivity index (χ0v) is 15.5. The highest BCUT2D eigenvalue weighted by atomic mass is 16.3. The highest BCUT2D eigenvalue weighted by molar-refractivity contribution is 5.98. The number of aromatic nitrogens is 3. The van der Waals surface area contributed by atoms with Crippen LogP contribution in [-0.4, -0.2) is 25.8 Å². The molecule has 0 saturated carbocycles. The third-order valence-corrected chi connectivity index (χ3v) is 4.22. The lowest BCUT2D eigenvalue weighted by atomic mass is 9.85. The number of carbonyl (C=O) groups is 1. The number of H-pyrrole nitrogens is 1. The van der Waals surface area contributed by atoms with Crippen LogP contribution in [0.15, 0.2) is 53.5 Å². The van der Waals surface area contributed by atoms with Crippen molar-refractivity contribution in [1.82, 2.24) is 15.0 Å². The highest BCUT2D eigenvalue weighted by Crippen LogP contribution is 2.24. The van der Waals surface area contributed by atoms with Gasteiger partial charge in [-0.25, -0.2) is 4.98 Å². The summed E-state index contributed by atoms with van der Waals surface area (Å²) in [7, 11) is 0. The number of pyridine rings is 1. The number of nitrogens with one attached hydrogen (secondary N) is 1. The lowest BCUT2D eigenvalue weighted by molar-refractivity contribution is 0.0985. The molecule has 0 amide bonds. The van der Waals surface area contributed by atoms with Crippen molar-refractivity contribution in [3.05, 3.63) is 75.8 Å². The summed E-state index contributed by atoms with van der Waals surface area (Å²) in [4.78, 5) is 35.5. The van der Waals surface area contributed by atoms with Gasteiger partial charge in [-0.3, -0.25) is 14.6 Å². The number of nitrogens with zero attached hydrogens (tertiary/aromatic N) is 2. The van der Waals surface area contributed by atoms with Crippen LogP contribution in [0, 0.1) is 0 Å². The fourth-order valence-corrected chi connectivity index (χ4v) is 2.70. The summed E-state index contributed by atoms with van der Waals surface area (Å²) in [5, 5.41) is 10.1. The molecule has 27 heavy (non-hydrogen) atoms. The molecule has 0 bridgehead atoms. The van der Waals surface area contributed by atoms with E-state index in [9.17, 15) is 14.7 Å². The number of hydrogen-bond acceptors (Lipinski definition) is 5. The summed E-state index contributed by atoms with van der Waals surface area (Å²) in [5.74, 6) is -0.960. The minimum absolute atomic E-state index is 0.0373. The first kappa shape index (κ1) is 18.5. The molecule has 3 aromatic rings. The lowest BCUT2D eigenvalue weighted by Crippen LogP contribution is -2.17. The first-order valence-electron chi connectivity index (χ1n) is 8.63. The van der Waals surface area contributed by atoms with Gasteiger partial charge in [0, 0.05) is 12.6 Å². The van der Waals surface area contributed by atoms with E-state index in [2.05, 4.69) is 35.7 Å². The molecule has 0 aliphatic heterocycles. The lowest BCUT2D eigenvalue weighted by Gasteiger charge is -2.19. The van der Waals surface area contributed by atoms with Crippen LogP contribution in [0.25, 0.3) is 11.5 Å². The maximum absolute atomic E-state index is 12.7. The third kappa shape index (κ3) is 4.11. The molecule has 0 aliphatic carbocycles. The van der Waals surface area contributed by atoms with E-state index in [0.717, 1.165) is 11.1 Å². The zero-order chi connectivity index (χ0) is 19.6. The van der Waals surface area contributed by atoms with Gasteiger partial charge >= 0.3 is 0 Å². The van der Waals surface area contributed by atoms with Crippen molar-refractivity contribution in [1.29, 1.82) is 0 Å². The van der Waals surface area contributed by atoms with Gasteiger partial charge in [0.1, 0.15) is 5.69 Å². The number of hydrogen-bond donors (Lipinski definition) is 2. The van der Waals surface area contributed by atoms with Gasteiger partial charge in [-0.1, -0.05) is 51.1 Å². The molecule has 3 rings (SSSR count). The van der Waals surface area contributed by atoms with Crippen LogP contribution in [-0.2, 0) is 11.8 Å². The number of rotatable bonds is 4. The van der Waals surface area contributed by atoms with Gasteiger partial charge < -0.3 is 10.1 Å². The van der Waals surface area contributed by atoms with Crippen LogP contribution in [0.1, 0.15) is 42.4 Å². The summed E-state index contributed by atoms with van der Waals surface area (Å²) >= 11 is 0. The second-order valence-electron chi connectivity index (χ2n) is 7.38. The van der Waals surface area contributed by atoms with Crippen molar-refractivity contribution in [2.24, 2.45) is 0 Å². The van der Waals surface area contributed by atoms with E-state index in [1.807, 2.05) is 24.3 Å². The molecule has 2 aromatic heterocycles. The average molecular weight is 363 g/mol. The van der Waals surface area contributed by atoms with Crippen molar-refractivity contribution >= 4 is 5.78 Å². The Balaban J connectivity index is 1.96. The second-order valence-corrected chi connectivity index (χ2v) is 7.38. The minimum atomic E-state index is -0.766. The topological polar surface area (TPSA) is 95.9 Å². The van der Waals surface area contributed by atoms with Gasteiger partial charge in [-0.05, 0) is 28.7 Å². The first-order valence-corrected chi connectivity index (χ1v) is 8.63. The molecule has 1 aromatic carbocycles. The number of aromatic amines is 1. The van der Waals surface area contributed by atoms with E-state index >= 15 is 0 Å². The largest absolute Gasteiger partial charge is 0.501 e. The molecule has 0 aliphatic rings. The summed E-state index contributed by atoms with van der Waals surface area (Å²) in [6.07, 6.45) is 1.59. The second kappa shape index (κ2) is 7.15. The normalized spacial score (nSPS) is 11.4. The van der Waals surface area contributed by atoms with Gasteiger partial charge in [0.15, 0.2) is 17.3 Å². The average Bonchev–Trinajstić information content (AvgIpc) is 2.64. The summed E-state index contributed by atoms with van der Waals surface area (Å²) in [6.45, 7) is 6.28. The van der Waals surface area contributed by atoms with E-state index in [-0.39, 0.29) is 23.4 Å². The summed E-state index contributed by atoms with van der Waals surface area (Å²) < 4.78 is 0. The number of Topliss-reactive ketones (excluding diaryl/α,β-unsaturated/α-hetero) is 1. The quantitative estimate of drug-likeness (QED) is 0.694. The molecule has 0 fully saturated rings. The van der Waals surface area contributed by atoms with Crippen molar-refractivity contribution in [2.75, 3.05) is 0 Å². The Kier molecular flexibility index (Phi) is 4.90. The van der Waals surface area contributed by atoms with Crippen molar-refractivity contribution in [3.8, 4) is 17.3 Å². The van der Waals surface area contributed by atoms with E-state index in [0.29, 0.717) is 5.69 Å². The monoisotopic (exact) mass is 363 g/mol. The molecule has 0 spiro atoms. The van der Waals surface area contributed by atoms with Gasteiger partial charge in [-0.15, -0.1) is 0 Å². The number of aromatic hydroxyl groups is 1. The standard InChI is InChI=1S/C21H21N3O3/c1-21(2,3)14-8-6-7-13(11-14)12-16(25)17-18(26)20(27)24-19(23-17)15-9-4-5-10-22-15/h4-11,26H,12H2,1-3H3,(H,23,24,27). The molecule has 6 heteroatoms. The Morgan fingerprint density at radius 2 is 1.93 bits per heavy atom. The molecular weight excluding hydrogens is 342 g/mol. The molecule has 0 saturated heterocycles. The highest BCUT2D eigenvalue weighted by Gasteiger charge is 2.20. The predicted molar refractivity (Wildman–Crippen MR) is 103 cm³/mol. The maximum atomic E-state index is 12.7. The smallest absolute Gasteiger partial charge is 0.294 e. The Bertz CT molecular complexity index is 1030. The SMILES string of the molecule is CC(C)(C)c1cccc(CC(=O)c2nc(-c3ccccn3)[nH]c(=O)c2O)c1. The molecule has 2 N–H and O–H groups in total. The van der Waals surface area contributed by atoms with Gasteiger partial charge in [0.25, 0.3) is 5.56 Å². The van der Waals surface area contributed by atoms with E-state index < -0.39 is 17.1 Å². The fraction of sp³-hybridized carbons (Fsp3) is 0.238. The van der Waals surface area contributed by atoms with Crippen molar-refractivity contribution in [2.45, 2.75) is 32.6 Å². The minimum Gasteiger partial charge on any atom is -0.501 e. The van der Waals surface area contributed by atoms with Crippen LogP contribution >= 0.6 is 0 Å². The van der Waals surface area contributed by atoms with Crippen LogP contribution in [0.2, 0.25) is 0 Å². The van der Waals surface area contributed by atoms with E-state index in [1.165, 1.54) is 0 Å². The molecule has 138 valence electrons. The molecule has 0 atom stereocenters. The Morgan fingerprint density at radius 1 is 1.15 bits per heavy atom. The first-order chi connectivity index (χ1) is 12.8. The number of ketones is 1. The summed E-state index contributed by atoms with van der Waals surface area (Å²) in [5.41, 5.74) is 1.25. The van der Waals surface area contributed by atoms with Crippen molar-refractivity contribution in [3.63, 3.8) is 0 Å². The predicted octanol–water partition coefficient (Wildman–Crippen LogP) is 3.26. The van der Waals surface area contributed by atoms with Crippen LogP contribution in [0.4, 0.5) is 0 Å². The summed E-state index contributed by atoms with van der Waals surface area (Å²) in [6, 6.07) is 12.9. The van der Waals surface area contributed by atoms with Crippen molar-refractivity contribution < 1.29 is 9.90 Å². The Morgan fingerprint density at radius 3 is 2.59 bits per heavy atom. The Hall–Kier alpha value is -3.28. The van der Waals surface area contributed by atoms with Crippen LogP contribution in [0.5, 0.6) is 5.75 Å². The van der Waals surface area contributed by atoms with Crippen LogP contribution in [0.3, 0.4) is 0 Å². The fourth-order valence-electron chi connectivity index (χ4n) is 2.70. The Labute approximate surface area is 157 Å². The van der Waals surface area contributed by atoms with Gasteiger partial charge in [-0.2, -0.15) is 0 Å². The third-order valence-electron chi connectivity index (χ3n) is 4.22. The van der Waals surface area contributed by atoms with Gasteiger partial charge in [0.2, 0.25) is 5.75 Å². The molecule has 0 radical (unpaired) electrons. The molecule has 6 nitrogen and oxygen atoms in total. The molecule has 2 heterocycles. The van der Waals surface area contributed by atoms with Gasteiger partial charge in [0.05, 0.1) is 0 Å². The van der Waals surface area contributed by atoms with Crippen LogP contribution < -0.4 is 5.56 Å². The number of carbonyl (C=O) groups excluding carboxylic acids is 1.